The number of amides is 1. The highest BCUT2D eigenvalue weighted by atomic mass is 35.5. The summed E-state index contributed by atoms with van der Waals surface area (Å²) in [5.74, 6) is 0.0313. The van der Waals surface area contributed by atoms with Crippen molar-refractivity contribution in [2.24, 2.45) is 0 Å². The van der Waals surface area contributed by atoms with Crippen LogP contribution >= 0.6 is 11.6 Å². The molecule has 0 radical (unpaired) electrons. The molecule has 0 heterocycles. The topological polar surface area (TPSA) is 116 Å². The van der Waals surface area contributed by atoms with Crippen molar-refractivity contribution in [2.75, 3.05) is 11.9 Å². The Morgan fingerprint density at radius 3 is 2.43 bits per heavy atom. The smallest absolute Gasteiger partial charge is 0.332 e. The third-order valence-electron chi connectivity index (χ3n) is 3.60. The van der Waals surface area contributed by atoms with Gasteiger partial charge in [-0.05, 0) is 43.2 Å². The van der Waals surface area contributed by atoms with E-state index < -0.39 is 20.0 Å². The van der Waals surface area contributed by atoms with Gasteiger partial charge in [-0.15, -0.1) is 3.89 Å². The van der Waals surface area contributed by atoms with Crippen LogP contribution in [0.25, 0.3) is 0 Å². The van der Waals surface area contributed by atoms with Gasteiger partial charge >= 0.3 is 10.2 Å². The maximum Gasteiger partial charge on any atom is 0.332 e. The molecule has 2 rings (SSSR count). The number of hydrogen-bond acceptors (Lipinski definition) is 6. The molecule has 0 aliphatic carbocycles. The summed E-state index contributed by atoms with van der Waals surface area (Å²) in [6.45, 7) is 0.272. The average Bonchev–Trinajstić information content (AvgIpc) is 2.62. The number of non-ortho nitro benzene ring substituents is 1. The molecule has 0 atom stereocenters. The number of nitro benzene ring substituents is 1. The molecule has 2 aromatic rings. The van der Waals surface area contributed by atoms with Gasteiger partial charge in [-0.1, -0.05) is 11.6 Å². The number of benzene rings is 2. The van der Waals surface area contributed by atoms with Gasteiger partial charge in [0.1, 0.15) is 5.75 Å². The molecule has 0 saturated carbocycles. The van der Waals surface area contributed by atoms with E-state index in [1.165, 1.54) is 30.3 Å². The first-order valence-corrected chi connectivity index (χ1v) is 9.84. The zero-order valence-corrected chi connectivity index (χ0v) is 16.0. The van der Waals surface area contributed by atoms with E-state index in [4.69, 9.17) is 16.3 Å². The number of rotatable bonds is 9. The molecule has 0 fully saturated rings. The van der Waals surface area contributed by atoms with Crippen LogP contribution in [0.4, 0.5) is 15.3 Å². The Morgan fingerprint density at radius 2 is 1.86 bits per heavy atom. The Hall–Kier alpha value is -2.72. The molecule has 0 unspecified atom stereocenters. The lowest BCUT2D eigenvalue weighted by Crippen LogP contribution is -2.11. The predicted octanol–water partition coefficient (Wildman–Crippen LogP) is 4.09. The van der Waals surface area contributed by atoms with Crippen LogP contribution in [-0.4, -0.2) is 25.9 Å². The number of anilines is 1. The fourth-order valence-electron chi connectivity index (χ4n) is 2.21. The summed E-state index contributed by atoms with van der Waals surface area (Å²) in [6, 6.07) is 8.61. The molecular formula is C17H16ClFN2O6S. The fraction of sp³-hybridized carbons (Fsp3) is 0.235. The van der Waals surface area contributed by atoms with Gasteiger partial charge in [0.05, 0.1) is 21.4 Å². The van der Waals surface area contributed by atoms with E-state index in [-0.39, 0.29) is 29.6 Å². The molecular weight excluding hydrogens is 415 g/mol. The minimum absolute atomic E-state index is 0.130. The zero-order chi connectivity index (χ0) is 20.7. The van der Waals surface area contributed by atoms with E-state index in [1.807, 2.05) is 0 Å². The Kier molecular flexibility index (Phi) is 7.30. The summed E-state index contributed by atoms with van der Waals surface area (Å²) >= 11 is 5.91. The lowest BCUT2D eigenvalue weighted by atomic mass is 10.2. The summed E-state index contributed by atoms with van der Waals surface area (Å²) in [7, 11) is -4.77. The van der Waals surface area contributed by atoms with Crippen molar-refractivity contribution in [1.29, 1.82) is 0 Å². The monoisotopic (exact) mass is 430 g/mol. The lowest BCUT2D eigenvalue weighted by Gasteiger charge is -2.08. The van der Waals surface area contributed by atoms with Crippen LogP contribution in [0.3, 0.4) is 0 Å². The van der Waals surface area contributed by atoms with E-state index in [1.54, 1.807) is 0 Å². The first-order valence-electron chi connectivity index (χ1n) is 8.08. The minimum Gasteiger partial charge on any atom is -0.492 e. The molecule has 28 heavy (non-hydrogen) atoms. The fourth-order valence-corrected chi connectivity index (χ4v) is 2.90. The number of carbonyl (C=O) groups excluding carboxylic acids is 1. The van der Waals surface area contributed by atoms with Crippen LogP contribution in [0.15, 0.2) is 47.4 Å². The van der Waals surface area contributed by atoms with Crippen molar-refractivity contribution in [2.45, 2.75) is 24.2 Å². The van der Waals surface area contributed by atoms with Gasteiger partial charge in [0, 0.05) is 24.2 Å². The zero-order valence-electron chi connectivity index (χ0n) is 14.4. The Morgan fingerprint density at radius 1 is 1.18 bits per heavy atom. The highest BCUT2D eigenvalue weighted by Gasteiger charge is 2.12. The molecule has 0 aliphatic heterocycles. The van der Waals surface area contributed by atoms with Crippen molar-refractivity contribution in [3.05, 3.63) is 57.6 Å². The van der Waals surface area contributed by atoms with Gasteiger partial charge in [0.15, 0.2) is 0 Å². The molecule has 0 bridgehead atoms. The number of nitro groups is 1. The standard InChI is InChI=1S/C17H16ClFN2O6S/c18-15-11-13(21(23)24)6-9-16(15)27-10-2-1-3-17(22)20-12-4-7-14(8-5-12)28(19,25)26/h4-9,11H,1-3,10H2,(H,20,22). The molecule has 0 aromatic heterocycles. The molecule has 0 saturated heterocycles. The Balaban J connectivity index is 1.72. The van der Waals surface area contributed by atoms with Crippen molar-refractivity contribution in [3.63, 3.8) is 0 Å². The van der Waals surface area contributed by atoms with Crippen LogP contribution in [0.2, 0.25) is 5.02 Å². The SMILES string of the molecule is O=C(CCCCOc1ccc([N+](=O)[O-])cc1Cl)Nc1ccc(S(=O)(=O)F)cc1. The molecule has 2 aromatic carbocycles. The lowest BCUT2D eigenvalue weighted by molar-refractivity contribution is -0.384. The first kappa shape index (κ1) is 21.6. The number of hydrogen-bond donors (Lipinski definition) is 1. The maximum atomic E-state index is 12.8. The third kappa shape index (κ3) is 6.46. The number of nitrogens with one attached hydrogen (secondary N) is 1. The predicted molar refractivity (Wildman–Crippen MR) is 101 cm³/mol. The molecule has 0 spiro atoms. The van der Waals surface area contributed by atoms with Crippen molar-refractivity contribution < 1.29 is 26.8 Å². The number of carbonyl (C=O) groups is 1. The van der Waals surface area contributed by atoms with Gasteiger partial charge in [0.25, 0.3) is 5.69 Å². The van der Waals surface area contributed by atoms with Gasteiger partial charge in [-0.25, -0.2) is 0 Å². The summed E-state index contributed by atoms with van der Waals surface area (Å²) < 4.78 is 39.7. The Bertz CT molecular complexity index is 966. The second-order valence-electron chi connectivity index (χ2n) is 5.69. The van der Waals surface area contributed by atoms with Crippen molar-refractivity contribution >= 4 is 39.1 Å². The number of unbranched alkanes of at least 4 members (excludes halogenated alkanes) is 1. The van der Waals surface area contributed by atoms with E-state index in [2.05, 4.69) is 5.32 Å². The summed E-state index contributed by atoms with van der Waals surface area (Å²) in [4.78, 5) is 21.5. The van der Waals surface area contributed by atoms with Gasteiger partial charge in [0.2, 0.25) is 5.91 Å². The van der Waals surface area contributed by atoms with Gasteiger partial charge in [-0.2, -0.15) is 8.42 Å². The summed E-state index contributed by atoms with van der Waals surface area (Å²) in [5, 5.41) is 13.3. The van der Waals surface area contributed by atoms with E-state index >= 15 is 0 Å². The molecule has 8 nitrogen and oxygen atoms in total. The highest BCUT2D eigenvalue weighted by molar-refractivity contribution is 7.86. The normalized spacial score (nSPS) is 11.1. The quantitative estimate of drug-likeness (QED) is 0.277. The van der Waals surface area contributed by atoms with Crippen LogP contribution in [0.5, 0.6) is 5.75 Å². The van der Waals surface area contributed by atoms with Crippen LogP contribution in [0, 0.1) is 10.1 Å². The van der Waals surface area contributed by atoms with Crippen molar-refractivity contribution in [1.82, 2.24) is 0 Å². The molecule has 150 valence electrons. The van der Waals surface area contributed by atoms with Gasteiger partial charge < -0.3 is 10.1 Å². The third-order valence-corrected chi connectivity index (χ3v) is 4.73. The first-order chi connectivity index (χ1) is 13.2. The second-order valence-corrected chi connectivity index (χ2v) is 7.44. The highest BCUT2D eigenvalue weighted by Crippen LogP contribution is 2.28. The molecule has 0 aliphatic rings. The van der Waals surface area contributed by atoms with Gasteiger partial charge in [-0.3, -0.25) is 14.9 Å². The van der Waals surface area contributed by atoms with Crippen LogP contribution in [-0.2, 0) is 15.0 Å². The van der Waals surface area contributed by atoms with E-state index in [0.29, 0.717) is 24.3 Å². The second kappa shape index (κ2) is 9.47. The number of ether oxygens (including phenoxy) is 1. The number of halogens is 2. The summed E-state index contributed by atoms with van der Waals surface area (Å²) in [6.07, 6.45) is 1.24. The van der Waals surface area contributed by atoms with Crippen LogP contribution < -0.4 is 10.1 Å². The van der Waals surface area contributed by atoms with E-state index in [0.717, 1.165) is 12.1 Å². The van der Waals surface area contributed by atoms with Crippen LogP contribution in [0.1, 0.15) is 19.3 Å². The van der Waals surface area contributed by atoms with Crippen molar-refractivity contribution in [3.8, 4) is 5.75 Å². The summed E-state index contributed by atoms with van der Waals surface area (Å²) in [5.41, 5.74) is 0.220. The largest absolute Gasteiger partial charge is 0.492 e. The molecule has 11 heteroatoms. The maximum absolute atomic E-state index is 12.8. The minimum atomic E-state index is -4.77. The molecule has 1 N–H and O–H groups in total. The van der Waals surface area contributed by atoms with E-state index in [9.17, 15) is 27.2 Å². The average molecular weight is 431 g/mol. The molecule has 1 amide bonds. The number of nitrogens with zero attached hydrogens (tertiary/aromatic N) is 1. The Labute approximate surface area is 165 Å².